The molecule has 0 saturated carbocycles. The van der Waals surface area contributed by atoms with Gasteiger partial charge in [0, 0.05) is 17.3 Å². The number of hydrogen-bond donors (Lipinski definition) is 2. The average Bonchev–Trinajstić information content (AvgIpc) is 2.29. The van der Waals surface area contributed by atoms with E-state index in [0.717, 1.165) is 5.56 Å². The molecule has 2 aromatic rings. The van der Waals surface area contributed by atoms with Crippen LogP contribution in [-0.2, 0) is 6.54 Å². The van der Waals surface area contributed by atoms with Crippen LogP contribution in [0.5, 0.6) is 5.75 Å². The predicted octanol–water partition coefficient (Wildman–Crippen LogP) is 4.45. The molecule has 94 valence electrons. The molecule has 0 aliphatic rings. The molecule has 2 rings (SSSR count). The molecule has 0 spiro atoms. The molecule has 0 aromatic heterocycles. The van der Waals surface area contributed by atoms with Crippen molar-refractivity contribution < 1.29 is 9.50 Å². The first-order valence-corrected chi connectivity index (χ1v) is 5.97. The first kappa shape index (κ1) is 13.0. The SMILES string of the molecule is Oc1ccc(CNc2cc(F)cc(Cl)c2)cc1Cl. The van der Waals surface area contributed by atoms with Gasteiger partial charge >= 0.3 is 0 Å². The Bertz CT molecular complexity index is 555. The van der Waals surface area contributed by atoms with Gasteiger partial charge in [0.15, 0.2) is 0 Å². The van der Waals surface area contributed by atoms with Crippen LogP contribution in [0.4, 0.5) is 10.1 Å². The van der Waals surface area contributed by atoms with E-state index in [9.17, 15) is 9.50 Å². The van der Waals surface area contributed by atoms with Crippen molar-refractivity contribution in [2.45, 2.75) is 6.54 Å². The summed E-state index contributed by atoms with van der Waals surface area (Å²) in [6, 6.07) is 9.11. The lowest BCUT2D eigenvalue weighted by atomic mass is 10.2. The van der Waals surface area contributed by atoms with Crippen molar-refractivity contribution in [3.63, 3.8) is 0 Å². The lowest BCUT2D eigenvalue weighted by Crippen LogP contribution is -1.99. The van der Waals surface area contributed by atoms with E-state index in [1.165, 1.54) is 18.2 Å². The second kappa shape index (κ2) is 5.46. The Morgan fingerprint density at radius 3 is 2.56 bits per heavy atom. The number of anilines is 1. The lowest BCUT2D eigenvalue weighted by molar-refractivity contribution is 0.475. The Balaban J connectivity index is 2.08. The quantitative estimate of drug-likeness (QED) is 0.873. The molecule has 0 saturated heterocycles. The van der Waals surface area contributed by atoms with Crippen LogP contribution in [-0.4, -0.2) is 5.11 Å². The third-order valence-electron chi connectivity index (χ3n) is 2.37. The van der Waals surface area contributed by atoms with Gasteiger partial charge in [0.1, 0.15) is 11.6 Å². The van der Waals surface area contributed by atoms with Gasteiger partial charge in [0.25, 0.3) is 0 Å². The van der Waals surface area contributed by atoms with Crippen LogP contribution in [0.2, 0.25) is 10.0 Å². The summed E-state index contributed by atoms with van der Waals surface area (Å²) in [5.74, 6) is -0.358. The Morgan fingerprint density at radius 1 is 1.11 bits per heavy atom. The van der Waals surface area contributed by atoms with Gasteiger partial charge in [0.2, 0.25) is 0 Å². The van der Waals surface area contributed by atoms with E-state index >= 15 is 0 Å². The molecule has 2 nitrogen and oxygen atoms in total. The molecule has 5 heteroatoms. The highest BCUT2D eigenvalue weighted by atomic mass is 35.5. The number of rotatable bonds is 3. The molecule has 0 radical (unpaired) electrons. The molecular formula is C13H10Cl2FNO. The summed E-state index contributed by atoms with van der Waals surface area (Å²) in [6.45, 7) is 0.458. The van der Waals surface area contributed by atoms with Crippen LogP contribution in [0.1, 0.15) is 5.56 Å². The topological polar surface area (TPSA) is 32.3 Å². The van der Waals surface area contributed by atoms with Crippen LogP contribution in [0, 0.1) is 5.82 Å². The molecule has 0 fully saturated rings. The van der Waals surface area contributed by atoms with Crippen LogP contribution in [0.3, 0.4) is 0 Å². The van der Waals surface area contributed by atoms with Gasteiger partial charge in [-0.2, -0.15) is 0 Å². The lowest BCUT2D eigenvalue weighted by Gasteiger charge is -2.08. The number of hydrogen-bond acceptors (Lipinski definition) is 2. The zero-order valence-electron chi connectivity index (χ0n) is 9.25. The third kappa shape index (κ3) is 3.28. The number of phenols is 1. The summed E-state index contributed by atoms with van der Waals surface area (Å²) in [4.78, 5) is 0. The number of nitrogens with one attached hydrogen (secondary N) is 1. The number of benzene rings is 2. The standard InChI is InChI=1S/C13H10Cl2FNO/c14-9-4-10(16)6-11(5-9)17-7-8-1-2-13(18)12(15)3-8/h1-6,17-18H,7H2. The fraction of sp³-hybridized carbons (Fsp3) is 0.0769. The van der Waals surface area contributed by atoms with Crippen LogP contribution < -0.4 is 5.32 Å². The summed E-state index contributed by atoms with van der Waals surface area (Å²) in [5.41, 5.74) is 1.46. The maximum Gasteiger partial charge on any atom is 0.134 e. The van der Waals surface area contributed by atoms with E-state index in [4.69, 9.17) is 23.2 Å². The molecule has 0 heterocycles. The van der Waals surface area contributed by atoms with Crippen LogP contribution in [0.25, 0.3) is 0 Å². The average molecular weight is 286 g/mol. The van der Waals surface area contributed by atoms with Gasteiger partial charge in [-0.05, 0) is 35.9 Å². The maximum absolute atomic E-state index is 13.1. The van der Waals surface area contributed by atoms with E-state index in [1.807, 2.05) is 0 Å². The van der Waals surface area contributed by atoms with Crippen molar-refractivity contribution >= 4 is 28.9 Å². The highest BCUT2D eigenvalue weighted by Gasteiger charge is 2.02. The zero-order valence-corrected chi connectivity index (χ0v) is 10.8. The fourth-order valence-electron chi connectivity index (χ4n) is 1.52. The predicted molar refractivity (Wildman–Crippen MR) is 71.9 cm³/mol. The molecule has 0 unspecified atom stereocenters. The highest BCUT2D eigenvalue weighted by molar-refractivity contribution is 6.32. The minimum absolute atomic E-state index is 0.0363. The largest absolute Gasteiger partial charge is 0.506 e. The molecule has 2 N–H and O–H groups in total. The molecule has 0 atom stereocenters. The van der Waals surface area contributed by atoms with Gasteiger partial charge in [-0.15, -0.1) is 0 Å². The van der Waals surface area contributed by atoms with Crippen molar-refractivity contribution in [1.29, 1.82) is 0 Å². The molecule has 0 aliphatic carbocycles. The minimum atomic E-state index is -0.395. The minimum Gasteiger partial charge on any atom is -0.506 e. The molecule has 18 heavy (non-hydrogen) atoms. The number of aromatic hydroxyl groups is 1. The first-order chi connectivity index (χ1) is 8.54. The second-order valence-corrected chi connectivity index (χ2v) is 4.64. The van der Waals surface area contributed by atoms with E-state index in [2.05, 4.69) is 5.32 Å². The van der Waals surface area contributed by atoms with Crippen molar-refractivity contribution in [2.24, 2.45) is 0 Å². The van der Waals surface area contributed by atoms with Gasteiger partial charge in [-0.25, -0.2) is 4.39 Å². The first-order valence-electron chi connectivity index (χ1n) is 5.22. The summed E-state index contributed by atoms with van der Waals surface area (Å²) in [5, 5.41) is 12.9. The van der Waals surface area contributed by atoms with Crippen molar-refractivity contribution in [2.75, 3.05) is 5.32 Å². The van der Waals surface area contributed by atoms with E-state index < -0.39 is 5.82 Å². The van der Waals surface area contributed by atoms with E-state index in [0.29, 0.717) is 17.3 Å². The molecule has 0 amide bonds. The van der Waals surface area contributed by atoms with E-state index in [1.54, 1.807) is 18.2 Å². The Morgan fingerprint density at radius 2 is 1.89 bits per heavy atom. The fourth-order valence-corrected chi connectivity index (χ4v) is 1.95. The Labute approximate surface area is 114 Å². The molecule has 0 bridgehead atoms. The zero-order chi connectivity index (χ0) is 13.1. The van der Waals surface area contributed by atoms with Crippen LogP contribution in [0.15, 0.2) is 36.4 Å². The number of phenolic OH excluding ortho intramolecular Hbond substituents is 1. The second-order valence-electron chi connectivity index (χ2n) is 3.80. The molecular weight excluding hydrogens is 276 g/mol. The highest BCUT2D eigenvalue weighted by Crippen LogP contribution is 2.24. The monoisotopic (exact) mass is 285 g/mol. The normalized spacial score (nSPS) is 10.4. The Kier molecular flexibility index (Phi) is 3.94. The van der Waals surface area contributed by atoms with Crippen molar-refractivity contribution in [3.8, 4) is 5.75 Å². The van der Waals surface area contributed by atoms with Crippen molar-refractivity contribution in [1.82, 2.24) is 0 Å². The van der Waals surface area contributed by atoms with Gasteiger partial charge < -0.3 is 10.4 Å². The summed E-state index contributed by atoms with van der Waals surface area (Å²) < 4.78 is 13.1. The number of halogens is 3. The molecule has 2 aromatic carbocycles. The van der Waals surface area contributed by atoms with Gasteiger partial charge in [-0.3, -0.25) is 0 Å². The summed E-state index contributed by atoms with van der Waals surface area (Å²) in [7, 11) is 0. The van der Waals surface area contributed by atoms with Gasteiger partial charge in [0.05, 0.1) is 5.02 Å². The van der Waals surface area contributed by atoms with Crippen LogP contribution >= 0.6 is 23.2 Å². The summed E-state index contributed by atoms with van der Waals surface area (Å²) in [6.07, 6.45) is 0. The maximum atomic E-state index is 13.1. The molecule has 0 aliphatic heterocycles. The third-order valence-corrected chi connectivity index (χ3v) is 2.89. The summed E-state index contributed by atoms with van der Waals surface area (Å²) >= 11 is 11.5. The van der Waals surface area contributed by atoms with Crippen molar-refractivity contribution in [3.05, 3.63) is 57.8 Å². The Hall–Kier alpha value is -1.45. The van der Waals surface area contributed by atoms with Gasteiger partial charge in [-0.1, -0.05) is 29.3 Å². The van der Waals surface area contributed by atoms with E-state index in [-0.39, 0.29) is 10.8 Å². The smallest absolute Gasteiger partial charge is 0.134 e.